The predicted octanol–water partition coefficient (Wildman–Crippen LogP) is -1.95. The van der Waals surface area contributed by atoms with Crippen molar-refractivity contribution in [3.8, 4) is 0 Å². The zero-order valence-corrected chi connectivity index (χ0v) is 9.05. The van der Waals surface area contributed by atoms with Crippen LogP contribution in [0.5, 0.6) is 0 Å². The molecule has 0 aliphatic carbocycles. The number of carbonyl (C=O) groups excluding carboxylic acids is 1. The van der Waals surface area contributed by atoms with Crippen molar-refractivity contribution in [2.24, 2.45) is 5.73 Å². The first-order chi connectivity index (χ1) is 6.72. The Bertz CT molecular complexity index is 339. The van der Waals surface area contributed by atoms with Crippen LogP contribution in [0.2, 0.25) is 0 Å². The monoisotopic (exact) mass is 258 g/mol. The van der Waals surface area contributed by atoms with E-state index in [1.165, 1.54) is 0 Å². The predicted molar refractivity (Wildman–Crippen MR) is 52.6 cm³/mol. The van der Waals surface area contributed by atoms with Gasteiger partial charge >= 0.3 is 15.1 Å². The number of rotatable bonds is 6. The molecule has 10 heteroatoms. The standard InChI is InChI=1S/C5H10N2O6S2/c6-3(2-14-15(11,12)13)5(10)7-1-4(8)9/h3H,1-2,6H2,(H,7,10)(H,8,9)(H,11,12,13)/t3-/m0/s1. The summed E-state index contributed by atoms with van der Waals surface area (Å²) in [7, 11) is -4.14. The molecule has 0 heterocycles. The summed E-state index contributed by atoms with van der Waals surface area (Å²) in [4.78, 5) is 21.0. The average molecular weight is 258 g/mol. The molecular weight excluding hydrogens is 248 g/mol. The number of nitrogens with two attached hydrogens (primary N) is 1. The van der Waals surface area contributed by atoms with Crippen molar-refractivity contribution >= 4 is 31.8 Å². The average Bonchev–Trinajstić information content (AvgIpc) is 2.08. The van der Waals surface area contributed by atoms with E-state index in [1.807, 2.05) is 5.32 Å². The molecule has 0 aliphatic rings. The van der Waals surface area contributed by atoms with Crippen LogP contribution in [0.1, 0.15) is 0 Å². The second kappa shape index (κ2) is 5.90. The smallest absolute Gasteiger partial charge is 0.322 e. The van der Waals surface area contributed by atoms with Gasteiger partial charge in [0, 0.05) is 5.75 Å². The molecule has 0 radical (unpaired) electrons. The molecule has 0 saturated carbocycles. The first kappa shape index (κ1) is 14.2. The van der Waals surface area contributed by atoms with Crippen LogP contribution in [0.15, 0.2) is 0 Å². The maximum absolute atomic E-state index is 11.0. The van der Waals surface area contributed by atoms with E-state index in [1.54, 1.807) is 0 Å². The van der Waals surface area contributed by atoms with Crippen molar-refractivity contribution in [2.45, 2.75) is 6.04 Å². The molecule has 8 nitrogen and oxygen atoms in total. The maximum atomic E-state index is 11.0. The Balaban J connectivity index is 3.95. The van der Waals surface area contributed by atoms with Gasteiger partial charge in [0.25, 0.3) is 0 Å². The van der Waals surface area contributed by atoms with Crippen molar-refractivity contribution in [2.75, 3.05) is 12.3 Å². The Hall–Kier alpha value is -0.840. The molecule has 0 aromatic rings. The van der Waals surface area contributed by atoms with E-state index >= 15 is 0 Å². The number of amides is 1. The summed E-state index contributed by atoms with van der Waals surface area (Å²) in [5.74, 6) is -2.39. The zero-order chi connectivity index (χ0) is 12.1. The first-order valence-corrected chi connectivity index (χ1v) is 6.53. The minimum Gasteiger partial charge on any atom is -0.480 e. The van der Waals surface area contributed by atoms with Gasteiger partial charge in [-0.3, -0.25) is 14.1 Å². The van der Waals surface area contributed by atoms with Gasteiger partial charge in [-0.05, 0) is 10.8 Å². The van der Waals surface area contributed by atoms with E-state index in [4.69, 9.17) is 15.4 Å². The molecule has 0 bridgehead atoms. The van der Waals surface area contributed by atoms with Crippen molar-refractivity contribution in [1.82, 2.24) is 5.32 Å². The Labute approximate surface area is 89.4 Å². The Morgan fingerprint density at radius 3 is 2.40 bits per heavy atom. The number of hydrogen-bond acceptors (Lipinski definition) is 6. The van der Waals surface area contributed by atoms with Gasteiger partial charge in [-0.1, -0.05) is 0 Å². The molecule has 0 unspecified atom stereocenters. The summed E-state index contributed by atoms with van der Waals surface area (Å²) in [5.41, 5.74) is 5.21. The number of carboxylic acids is 1. The number of hydrogen-bond donors (Lipinski definition) is 4. The fourth-order valence-electron chi connectivity index (χ4n) is 0.529. The molecular formula is C5H10N2O6S2. The third-order valence-electron chi connectivity index (χ3n) is 1.15. The lowest BCUT2D eigenvalue weighted by Gasteiger charge is -2.08. The van der Waals surface area contributed by atoms with Crippen molar-refractivity contribution < 1.29 is 27.7 Å². The molecule has 1 amide bonds. The normalized spacial score (nSPS) is 13.2. The topological polar surface area (TPSA) is 147 Å². The zero-order valence-electron chi connectivity index (χ0n) is 7.41. The van der Waals surface area contributed by atoms with Crippen molar-refractivity contribution in [3.05, 3.63) is 0 Å². The van der Waals surface area contributed by atoms with Gasteiger partial charge in [0.1, 0.15) is 6.54 Å². The van der Waals surface area contributed by atoms with Gasteiger partial charge in [0.05, 0.1) is 6.04 Å². The number of carboxylic acid groups (broad SMARTS) is 1. The molecule has 0 spiro atoms. The van der Waals surface area contributed by atoms with Crippen LogP contribution >= 0.6 is 10.8 Å². The fourth-order valence-corrected chi connectivity index (χ4v) is 1.95. The lowest BCUT2D eigenvalue weighted by atomic mass is 10.3. The summed E-state index contributed by atoms with van der Waals surface area (Å²) in [5, 5.41) is 10.2. The van der Waals surface area contributed by atoms with E-state index in [0.717, 1.165) is 0 Å². The number of carbonyl (C=O) groups is 2. The molecule has 0 rings (SSSR count). The quantitative estimate of drug-likeness (QED) is 0.317. The Kier molecular flexibility index (Phi) is 5.57. The van der Waals surface area contributed by atoms with Crippen LogP contribution in [0.25, 0.3) is 0 Å². The van der Waals surface area contributed by atoms with Crippen LogP contribution in [-0.4, -0.2) is 48.3 Å². The minimum atomic E-state index is -4.24. The largest absolute Gasteiger partial charge is 0.480 e. The lowest BCUT2D eigenvalue weighted by molar-refractivity contribution is -0.138. The molecule has 0 fully saturated rings. The SMILES string of the molecule is N[C@@H](CSS(=O)(=O)O)C(=O)NCC(=O)O. The molecule has 5 N–H and O–H groups in total. The summed E-state index contributed by atoms with van der Waals surface area (Å²) in [6.07, 6.45) is 0. The Morgan fingerprint density at radius 1 is 1.47 bits per heavy atom. The fraction of sp³-hybridized carbons (Fsp3) is 0.600. The molecule has 0 aromatic carbocycles. The van der Waals surface area contributed by atoms with Crippen molar-refractivity contribution in [1.29, 1.82) is 0 Å². The Morgan fingerprint density at radius 2 is 2.00 bits per heavy atom. The van der Waals surface area contributed by atoms with E-state index < -0.39 is 33.6 Å². The summed E-state index contributed by atoms with van der Waals surface area (Å²) in [6, 6.07) is -1.20. The van der Waals surface area contributed by atoms with E-state index in [2.05, 4.69) is 0 Å². The number of nitrogens with one attached hydrogen (secondary N) is 1. The third-order valence-corrected chi connectivity index (χ3v) is 3.24. The minimum absolute atomic E-state index is 0.0988. The third kappa shape index (κ3) is 8.17. The van der Waals surface area contributed by atoms with Crippen molar-refractivity contribution in [3.63, 3.8) is 0 Å². The van der Waals surface area contributed by atoms with Gasteiger partial charge in [0.15, 0.2) is 0 Å². The van der Waals surface area contributed by atoms with Crippen LogP contribution in [0.3, 0.4) is 0 Å². The molecule has 1 atom stereocenters. The summed E-state index contributed by atoms with van der Waals surface area (Å²) in [6.45, 7) is -0.594. The molecule has 0 aromatic heterocycles. The van der Waals surface area contributed by atoms with E-state index in [9.17, 15) is 18.0 Å². The highest BCUT2D eigenvalue weighted by Gasteiger charge is 2.17. The van der Waals surface area contributed by atoms with E-state index in [-0.39, 0.29) is 16.5 Å². The molecule has 88 valence electrons. The summed E-state index contributed by atoms with van der Waals surface area (Å²) < 4.78 is 28.8. The highest BCUT2D eigenvalue weighted by Crippen LogP contribution is 2.09. The second-order valence-electron chi connectivity index (χ2n) is 2.43. The summed E-state index contributed by atoms with van der Waals surface area (Å²) >= 11 is 0. The molecule has 0 saturated heterocycles. The van der Waals surface area contributed by atoms with Gasteiger partial charge in [0.2, 0.25) is 5.91 Å². The molecule has 0 aliphatic heterocycles. The highest BCUT2D eigenvalue weighted by molar-refractivity contribution is 8.69. The van der Waals surface area contributed by atoms with Gasteiger partial charge in [-0.15, -0.1) is 0 Å². The lowest BCUT2D eigenvalue weighted by Crippen LogP contribution is -2.44. The first-order valence-electron chi connectivity index (χ1n) is 3.59. The maximum Gasteiger partial charge on any atom is 0.322 e. The second-order valence-corrected chi connectivity index (χ2v) is 5.83. The van der Waals surface area contributed by atoms with Crippen LogP contribution in [0, 0.1) is 0 Å². The number of aliphatic carboxylic acids is 1. The van der Waals surface area contributed by atoms with Gasteiger partial charge in [-0.25, -0.2) is 0 Å². The van der Waals surface area contributed by atoms with Gasteiger partial charge in [-0.2, -0.15) is 8.42 Å². The highest BCUT2D eigenvalue weighted by atomic mass is 33.1. The van der Waals surface area contributed by atoms with E-state index in [0.29, 0.717) is 0 Å². The van der Waals surface area contributed by atoms with Gasteiger partial charge < -0.3 is 16.2 Å². The van der Waals surface area contributed by atoms with Crippen LogP contribution in [0.4, 0.5) is 0 Å². The molecule has 15 heavy (non-hydrogen) atoms. The van der Waals surface area contributed by atoms with Crippen LogP contribution in [-0.2, 0) is 18.7 Å². The van der Waals surface area contributed by atoms with Crippen LogP contribution < -0.4 is 11.1 Å².